The Morgan fingerprint density at radius 2 is 1.25 bits per heavy atom. The van der Waals surface area contributed by atoms with E-state index in [1.165, 1.54) is 0 Å². The number of aliphatic hydroxyl groups excluding tert-OH is 2. The first-order valence-electron chi connectivity index (χ1n) is 6.59. The van der Waals surface area contributed by atoms with Crippen LogP contribution < -0.4 is 0 Å². The minimum Gasteiger partial charge on any atom is -0.390 e. The lowest BCUT2D eigenvalue weighted by atomic mass is 10.4. The molecule has 0 saturated carbocycles. The van der Waals surface area contributed by atoms with E-state index in [1.54, 1.807) is 35.7 Å². The second-order valence-electron chi connectivity index (χ2n) is 4.11. The van der Waals surface area contributed by atoms with E-state index in [1.807, 2.05) is 0 Å². The van der Waals surface area contributed by atoms with Crippen LogP contribution in [0.25, 0.3) is 0 Å². The van der Waals surface area contributed by atoms with Crippen LogP contribution in [0, 0.1) is 0 Å². The van der Waals surface area contributed by atoms with Gasteiger partial charge in [0, 0.05) is 23.0 Å². The summed E-state index contributed by atoms with van der Waals surface area (Å²) >= 11 is 3.38. The summed E-state index contributed by atoms with van der Waals surface area (Å²) in [4.78, 5) is 0. The SMILES string of the molecule is C=CCOCC(O)CSCCSCC(O)COCC=C. The average Bonchev–Trinajstić information content (AvgIpc) is 2.43. The molecule has 2 N–H and O–H groups in total. The quantitative estimate of drug-likeness (QED) is 0.353. The number of hydrogen-bond donors (Lipinski definition) is 2. The Kier molecular flexibility index (Phi) is 15.4. The normalized spacial score (nSPS) is 13.9. The van der Waals surface area contributed by atoms with Crippen LogP contribution in [-0.2, 0) is 9.47 Å². The molecule has 0 aromatic rings. The van der Waals surface area contributed by atoms with E-state index >= 15 is 0 Å². The summed E-state index contributed by atoms with van der Waals surface area (Å²) in [7, 11) is 0. The van der Waals surface area contributed by atoms with Crippen molar-refractivity contribution in [3.05, 3.63) is 25.3 Å². The van der Waals surface area contributed by atoms with Crippen molar-refractivity contribution in [2.75, 3.05) is 49.4 Å². The molecule has 118 valence electrons. The molecule has 0 radical (unpaired) electrons. The van der Waals surface area contributed by atoms with E-state index in [9.17, 15) is 10.2 Å². The van der Waals surface area contributed by atoms with Crippen molar-refractivity contribution < 1.29 is 19.7 Å². The van der Waals surface area contributed by atoms with Crippen LogP contribution in [0.5, 0.6) is 0 Å². The fourth-order valence-corrected chi connectivity index (χ4v) is 3.24. The van der Waals surface area contributed by atoms with E-state index in [2.05, 4.69) is 13.2 Å². The molecule has 0 aliphatic rings. The van der Waals surface area contributed by atoms with Gasteiger partial charge in [0.05, 0.1) is 38.6 Å². The maximum absolute atomic E-state index is 9.59. The predicted octanol–water partition coefficient (Wildman–Crippen LogP) is 1.58. The van der Waals surface area contributed by atoms with Crippen molar-refractivity contribution in [2.45, 2.75) is 12.2 Å². The fraction of sp³-hybridized carbons (Fsp3) is 0.714. The topological polar surface area (TPSA) is 58.9 Å². The molecule has 0 amide bonds. The lowest BCUT2D eigenvalue weighted by Gasteiger charge is -2.11. The van der Waals surface area contributed by atoms with Gasteiger partial charge in [-0.15, -0.1) is 13.2 Å². The zero-order valence-corrected chi connectivity index (χ0v) is 13.5. The van der Waals surface area contributed by atoms with Gasteiger partial charge >= 0.3 is 0 Å². The molecule has 4 nitrogen and oxygen atoms in total. The van der Waals surface area contributed by atoms with Gasteiger partial charge in [-0.05, 0) is 0 Å². The van der Waals surface area contributed by atoms with Crippen molar-refractivity contribution in [3.63, 3.8) is 0 Å². The highest BCUT2D eigenvalue weighted by Crippen LogP contribution is 2.10. The van der Waals surface area contributed by atoms with Gasteiger partial charge in [0.15, 0.2) is 0 Å². The van der Waals surface area contributed by atoms with Crippen molar-refractivity contribution in [1.82, 2.24) is 0 Å². The third kappa shape index (κ3) is 14.4. The summed E-state index contributed by atoms with van der Waals surface area (Å²) in [5.41, 5.74) is 0. The summed E-state index contributed by atoms with van der Waals surface area (Å²) in [6.45, 7) is 8.74. The Balaban J connectivity index is 3.26. The Labute approximate surface area is 130 Å². The highest BCUT2D eigenvalue weighted by Gasteiger charge is 2.05. The lowest BCUT2D eigenvalue weighted by Crippen LogP contribution is -2.19. The van der Waals surface area contributed by atoms with Crippen LogP contribution in [0.3, 0.4) is 0 Å². The summed E-state index contributed by atoms with van der Waals surface area (Å²) in [6, 6.07) is 0. The second-order valence-corrected chi connectivity index (χ2v) is 6.41. The maximum atomic E-state index is 9.59. The van der Waals surface area contributed by atoms with E-state index in [4.69, 9.17) is 9.47 Å². The van der Waals surface area contributed by atoms with Gasteiger partial charge in [-0.2, -0.15) is 23.5 Å². The Morgan fingerprint density at radius 3 is 1.60 bits per heavy atom. The fourth-order valence-electron chi connectivity index (χ4n) is 1.23. The molecular weight excluding hydrogens is 296 g/mol. The van der Waals surface area contributed by atoms with Crippen LogP contribution in [0.4, 0.5) is 0 Å². The van der Waals surface area contributed by atoms with Crippen molar-refractivity contribution in [3.8, 4) is 0 Å². The Morgan fingerprint density at radius 1 is 0.850 bits per heavy atom. The third-order valence-electron chi connectivity index (χ3n) is 2.08. The van der Waals surface area contributed by atoms with Gasteiger partial charge in [-0.1, -0.05) is 12.2 Å². The van der Waals surface area contributed by atoms with Crippen LogP contribution in [0.1, 0.15) is 0 Å². The first-order chi connectivity index (χ1) is 9.70. The van der Waals surface area contributed by atoms with Gasteiger partial charge in [-0.25, -0.2) is 0 Å². The van der Waals surface area contributed by atoms with Crippen molar-refractivity contribution in [2.24, 2.45) is 0 Å². The van der Waals surface area contributed by atoms with E-state index in [0.29, 0.717) is 37.9 Å². The lowest BCUT2D eigenvalue weighted by molar-refractivity contribution is 0.0624. The summed E-state index contributed by atoms with van der Waals surface area (Å²) in [5, 5.41) is 19.2. The Hall–Kier alpha value is 0.0200. The highest BCUT2D eigenvalue weighted by atomic mass is 32.2. The van der Waals surface area contributed by atoms with Crippen LogP contribution >= 0.6 is 23.5 Å². The average molecular weight is 322 g/mol. The molecular formula is C14H26O4S2. The van der Waals surface area contributed by atoms with Gasteiger partial charge < -0.3 is 19.7 Å². The van der Waals surface area contributed by atoms with E-state index < -0.39 is 12.2 Å². The molecule has 0 saturated heterocycles. The molecule has 0 heterocycles. The molecule has 0 fully saturated rings. The predicted molar refractivity (Wildman–Crippen MR) is 88.7 cm³/mol. The first-order valence-corrected chi connectivity index (χ1v) is 8.90. The number of aliphatic hydroxyl groups is 2. The molecule has 0 aromatic carbocycles. The number of thioether (sulfide) groups is 2. The molecule has 20 heavy (non-hydrogen) atoms. The molecule has 0 rings (SSSR count). The van der Waals surface area contributed by atoms with Gasteiger partial charge in [-0.3, -0.25) is 0 Å². The summed E-state index contributed by atoms with van der Waals surface area (Å²) in [6.07, 6.45) is 2.48. The van der Waals surface area contributed by atoms with E-state index in [-0.39, 0.29) is 0 Å². The van der Waals surface area contributed by atoms with E-state index in [0.717, 1.165) is 11.5 Å². The number of rotatable bonds is 15. The smallest absolute Gasteiger partial charge is 0.0863 e. The molecule has 0 aliphatic heterocycles. The Bertz CT molecular complexity index is 215. The molecule has 0 spiro atoms. The molecule has 0 aromatic heterocycles. The first kappa shape index (κ1) is 20.0. The molecule has 0 aliphatic carbocycles. The van der Waals surface area contributed by atoms with Crippen LogP contribution in [0.15, 0.2) is 25.3 Å². The second kappa shape index (κ2) is 15.4. The molecule has 0 bridgehead atoms. The largest absolute Gasteiger partial charge is 0.390 e. The van der Waals surface area contributed by atoms with Gasteiger partial charge in [0.2, 0.25) is 0 Å². The van der Waals surface area contributed by atoms with Crippen molar-refractivity contribution >= 4 is 23.5 Å². The zero-order valence-electron chi connectivity index (χ0n) is 11.9. The standard InChI is InChI=1S/C14H26O4S2/c1-3-5-17-9-13(15)11-19-7-8-20-12-14(16)10-18-6-4-2/h3-4,13-16H,1-2,5-12H2. The number of hydrogen-bond acceptors (Lipinski definition) is 6. The highest BCUT2D eigenvalue weighted by molar-refractivity contribution is 8.02. The summed E-state index contributed by atoms with van der Waals surface area (Å²) < 4.78 is 10.3. The van der Waals surface area contributed by atoms with Gasteiger partial charge in [0.1, 0.15) is 0 Å². The summed E-state index contributed by atoms with van der Waals surface area (Å²) in [5.74, 6) is 3.23. The minimum atomic E-state index is -0.428. The number of ether oxygens (including phenoxy) is 2. The van der Waals surface area contributed by atoms with Crippen molar-refractivity contribution in [1.29, 1.82) is 0 Å². The minimum absolute atomic E-state index is 0.353. The van der Waals surface area contributed by atoms with Crippen LogP contribution in [0.2, 0.25) is 0 Å². The van der Waals surface area contributed by atoms with Crippen LogP contribution in [-0.4, -0.2) is 71.9 Å². The zero-order chi connectivity index (χ0) is 15.1. The maximum Gasteiger partial charge on any atom is 0.0863 e. The monoisotopic (exact) mass is 322 g/mol. The molecule has 6 heteroatoms. The van der Waals surface area contributed by atoms with Gasteiger partial charge in [0.25, 0.3) is 0 Å². The molecule has 2 atom stereocenters. The third-order valence-corrected chi connectivity index (χ3v) is 4.57. The molecule has 2 unspecified atom stereocenters.